The Hall–Kier alpha value is -2.31. The lowest BCUT2D eigenvalue weighted by Crippen LogP contribution is -2.36. The van der Waals surface area contributed by atoms with E-state index >= 15 is 0 Å². The number of imidazole rings is 1. The molecule has 3 heterocycles. The van der Waals surface area contributed by atoms with E-state index < -0.39 is 11.2 Å². The summed E-state index contributed by atoms with van der Waals surface area (Å²) >= 11 is 0. The maximum absolute atomic E-state index is 12.2. The Morgan fingerprint density at radius 2 is 2.23 bits per heavy atom. The molecule has 1 atom stereocenters. The average molecular weight is 303 g/mol. The normalized spacial score (nSPS) is 18.8. The molecule has 1 saturated heterocycles. The van der Waals surface area contributed by atoms with E-state index in [-0.39, 0.29) is 0 Å². The van der Waals surface area contributed by atoms with Crippen LogP contribution in [0.15, 0.2) is 22.2 Å². The Kier molecular flexibility index (Phi) is 3.64. The van der Waals surface area contributed by atoms with Crippen LogP contribution in [0.5, 0.6) is 0 Å². The standard InChI is InChI=1S/C15H21N5O2/c1-4-7-20-11-12(18(3)15(22)17-13(11)21)16-14(20)19-8-5-6-10(2)9-19/h4,10H,1,5-9H2,2-3H3,(H,17,21,22)/t10-/m0/s1. The molecule has 1 N–H and O–H groups in total. The van der Waals surface area contributed by atoms with Crippen LogP contribution in [-0.4, -0.2) is 32.2 Å². The summed E-state index contributed by atoms with van der Waals surface area (Å²) in [6, 6.07) is 0. The number of aryl methyl sites for hydroxylation is 1. The molecule has 118 valence electrons. The number of hydrogen-bond donors (Lipinski definition) is 1. The first-order chi connectivity index (χ1) is 10.5. The first-order valence-corrected chi connectivity index (χ1v) is 7.58. The van der Waals surface area contributed by atoms with Gasteiger partial charge in [0.05, 0.1) is 0 Å². The van der Waals surface area contributed by atoms with Crippen molar-refractivity contribution in [3.63, 3.8) is 0 Å². The molecule has 1 aliphatic rings. The first kappa shape index (κ1) is 14.6. The molecule has 0 spiro atoms. The molecule has 1 fully saturated rings. The molecule has 0 unspecified atom stereocenters. The first-order valence-electron chi connectivity index (χ1n) is 7.58. The number of aromatic nitrogens is 4. The summed E-state index contributed by atoms with van der Waals surface area (Å²) in [6.07, 6.45) is 4.05. The molecular weight excluding hydrogens is 282 g/mol. The highest BCUT2D eigenvalue weighted by atomic mass is 16.2. The quantitative estimate of drug-likeness (QED) is 0.853. The lowest BCUT2D eigenvalue weighted by atomic mass is 10.0. The number of H-pyrrole nitrogens is 1. The van der Waals surface area contributed by atoms with Gasteiger partial charge in [0.25, 0.3) is 5.56 Å². The molecule has 0 saturated carbocycles. The van der Waals surface area contributed by atoms with Gasteiger partial charge in [-0.25, -0.2) is 4.79 Å². The Balaban J connectivity index is 2.25. The van der Waals surface area contributed by atoms with Gasteiger partial charge in [0, 0.05) is 26.7 Å². The second-order valence-corrected chi connectivity index (χ2v) is 6.00. The molecule has 1 aliphatic heterocycles. The van der Waals surface area contributed by atoms with Crippen molar-refractivity contribution in [3.05, 3.63) is 33.5 Å². The largest absolute Gasteiger partial charge is 0.342 e. The van der Waals surface area contributed by atoms with Gasteiger partial charge < -0.3 is 9.47 Å². The summed E-state index contributed by atoms with van der Waals surface area (Å²) < 4.78 is 3.23. The molecule has 0 amide bonds. The predicted octanol–water partition coefficient (Wildman–Crippen LogP) is 0.846. The smallest absolute Gasteiger partial charge is 0.329 e. The minimum Gasteiger partial charge on any atom is -0.342 e. The number of nitrogens with zero attached hydrogens (tertiary/aromatic N) is 4. The maximum atomic E-state index is 12.2. The zero-order chi connectivity index (χ0) is 15.9. The van der Waals surface area contributed by atoms with Crippen molar-refractivity contribution < 1.29 is 0 Å². The van der Waals surface area contributed by atoms with Gasteiger partial charge in [-0.1, -0.05) is 13.0 Å². The third-order valence-electron chi connectivity index (χ3n) is 4.24. The highest BCUT2D eigenvalue weighted by Gasteiger charge is 2.24. The van der Waals surface area contributed by atoms with Crippen LogP contribution in [0.1, 0.15) is 19.8 Å². The van der Waals surface area contributed by atoms with Crippen molar-refractivity contribution in [1.82, 2.24) is 19.1 Å². The molecule has 22 heavy (non-hydrogen) atoms. The third kappa shape index (κ3) is 2.26. The number of nitrogens with one attached hydrogen (secondary N) is 1. The average Bonchev–Trinajstić information content (AvgIpc) is 2.85. The number of aromatic amines is 1. The second kappa shape index (κ2) is 5.47. The minimum atomic E-state index is -0.445. The number of rotatable bonds is 3. The number of allylic oxidation sites excluding steroid dienone is 1. The van der Waals surface area contributed by atoms with Crippen molar-refractivity contribution in [2.24, 2.45) is 13.0 Å². The van der Waals surface area contributed by atoms with Gasteiger partial charge in [0.2, 0.25) is 5.95 Å². The zero-order valence-electron chi connectivity index (χ0n) is 13.0. The van der Waals surface area contributed by atoms with E-state index in [0.29, 0.717) is 23.6 Å². The molecular formula is C15H21N5O2. The van der Waals surface area contributed by atoms with Crippen molar-refractivity contribution in [1.29, 1.82) is 0 Å². The number of fused-ring (bicyclic) bond motifs is 1. The van der Waals surface area contributed by atoms with Crippen LogP contribution in [0.25, 0.3) is 11.2 Å². The van der Waals surface area contributed by atoms with Gasteiger partial charge in [0.1, 0.15) is 0 Å². The van der Waals surface area contributed by atoms with Gasteiger partial charge in [-0.3, -0.25) is 14.3 Å². The van der Waals surface area contributed by atoms with Crippen LogP contribution in [0.3, 0.4) is 0 Å². The lowest BCUT2D eigenvalue weighted by Gasteiger charge is -2.31. The molecule has 7 nitrogen and oxygen atoms in total. The summed E-state index contributed by atoms with van der Waals surface area (Å²) in [6.45, 7) is 8.29. The van der Waals surface area contributed by atoms with Gasteiger partial charge in [0.15, 0.2) is 11.2 Å². The SMILES string of the molecule is C=CCn1c(N2CCC[C@H](C)C2)nc2c1c(=O)[nH]c(=O)n2C. The van der Waals surface area contributed by atoms with E-state index in [9.17, 15) is 9.59 Å². The summed E-state index contributed by atoms with van der Waals surface area (Å²) in [4.78, 5) is 33.1. The van der Waals surface area contributed by atoms with E-state index in [1.807, 2.05) is 4.57 Å². The predicted molar refractivity (Wildman–Crippen MR) is 86.4 cm³/mol. The summed E-state index contributed by atoms with van der Waals surface area (Å²) in [7, 11) is 1.62. The monoisotopic (exact) mass is 303 g/mol. The van der Waals surface area contributed by atoms with Crippen LogP contribution in [0.2, 0.25) is 0 Å². The fourth-order valence-corrected chi connectivity index (χ4v) is 3.14. The molecule has 2 aromatic heterocycles. The van der Waals surface area contributed by atoms with E-state index in [1.54, 1.807) is 13.1 Å². The number of hydrogen-bond acceptors (Lipinski definition) is 4. The summed E-state index contributed by atoms with van der Waals surface area (Å²) in [5.41, 5.74) is 0.00197. The molecule has 0 bridgehead atoms. The molecule has 3 rings (SSSR count). The molecule has 7 heteroatoms. The van der Waals surface area contributed by atoms with E-state index in [2.05, 4.69) is 28.4 Å². The van der Waals surface area contributed by atoms with Crippen molar-refractivity contribution >= 4 is 17.1 Å². The number of anilines is 1. The second-order valence-electron chi connectivity index (χ2n) is 6.00. The van der Waals surface area contributed by atoms with Crippen LogP contribution >= 0.6 is 0 Å². The van der Waals surface area contributed by atoms with E-state index in [4.69, 9.17) is 0 Å². The van der Waals surface area contributed by atoms with Gasteiger partial charge in [-0.05, 0) is 18.8 Å². The lowest BCUT2D eigenvalue weighted by molar-refractivity contribution is 0.439. The Morgan fingerprint density at radius 3 is 2.91 bits per heavy atom. The summed E-state index contributed by atoms with van der Waals surface area (Å²) in [5.74, 6) is 1.33. The molecule has 0 aliphatic carbocycles. The zero-order valence-corrected chi connectivity index (χ0v) is 13.0. The van der Waals surface area contributed by atoms with Crippen molar-refractivity contribution in [2.45, 2.75) is 26.3 Å². The Labute approximate surface area is 127 Å². The fraction of sp³-hybridized carbons (Fsp3) is 0.533. The van der Waals surface area contributed by atoms with Crippen LogP contribution in [0.4, 0.5) is 5.95 Å². The fourth-order valence-electron chi connectivity index (χ4n) is 3.14. The highest BCUT2D eigenvalue weighted by molar-refractivity contribution is 5.74. The Bertz CT molecular complexity index is 829. The molecule has 0 aromatic carbocycles. The number of piperidine rings is 1. The van der Waals surface area contributed by atoms with Crippen LogP contribution in [0, 0.1) is 5.92 Å². The van der Waals surface area contributed by atoms with Gasteiger partial charge in [-0.15, -0.1) is 6.58 Å². The van der Waals surface area contributed by atoms with Crippen LogP contribution in [-0.2, 0) is 13.6 Å². The van der Waals surface area contributed by atoms with Crippen molar-refractivity contribution in [3.8, 4) is 0 Å². The van der Waals surface area contributed by atoms with E-state index in [0.717, 1.165) is 25.5 Å². The Morgan fingerprint density at radius 1 is 1.45 bits per heavy atom. The summed E-state index contributed by atoms with van der Waals surface area (Å²) in [5, 5.41) is 0. The third-order valence-corrected chi connectivity index (χ3v) is 4.24. The highest BCUT2D eigenvalue weighted by Crippen LogP contribution is 2.24. The van der Waals surface area contributed by atoms with Crippen molar-refractivity contribution in [2.75, 3.05) is 18.0 Å². The molecule has 2 aromatic rings. The van der Waals surface area contributed by atoms with Gasteiger partial charge >= 0.3 is 5.69 Å². The molecule has 0 radical (unpaired) electrons. The van der Waals surface area contributed by atoms with Crippen LogP contribution < -0.4 is 16.1 Å². The topological polar surface area (TPSA) is 75.9 Å². The van der Waals surface area contributed by atoms with E-state index in [1.165, 1.54) is 11.0 Å². The maximum Gasteiger partial charge on any atom is 0.329 e. The minimum absolute atomic E-state index is 0.399. The van der Waals surface area contributed by atoms with Gasteiger partial charge in [-0.2, -0.15) is 4.98 Å².